The molecule has 0 heterocycles. The van der Waals surface area contributed by atoms with Gasteiger partial charge >= 0.3 is 0 Å². The summed E-state index contributed by atoms with van der Waals surface area (Å²) >= 11 is 0. The van der Waals surface area contributed by atoms with Crippen molar-refractivity contribution in [3.05, 3.63) is 22.8 Å². The molecular formula is C22H30O2. The zero-order chi connectivity index (χ0) is 18.9. The average molecular weight is 330 g/mol. The van der Waals surface area contributed by atoms with Gasteiger partial charge in [0.05, 0.1) is 0 Å². The van der Waals surface area contributed by atoms with Gasteiger partial charge in [0.1, 0.15) is 5.78 Å². The lowest BCUT2D eigenvalue weighted by Gasteiger charge is -2.52. The van der Waals surface area contributed by atoms with Crippen LogP contribution in [0.25, 0.3) is 0 Å². The van der Waals surface area contributed by atoms with Crippen LogP contribution in [0.5, 0.6) is 0 Å². The van der Waals surface area contributed by atoms with Crippen LogP contribution in [0.2, 0.25) is 0 Å². The molecule has 24 heavy (non-hydrogen) atoms. The molecule has 0 bridgehead atoms. The Morgan fingerprint density at radius 2 is 2.08 bits per heavy atom. The van der Waals surface area contributed by atoms with Gasteiger partial charge in [-0.15, -0.1) is 0 Å². The Hall–Kier alpha value is -1.18. The second-order valence-corrected chi connectivity index (χ2v) is 8.63. The maximum absolute atomic E-state index is 12.8. The average Bonchev–Trinajstić information content (AvgIpc) is 2.91. The number of ketones is 2. The highest BCUT2D eigenvalue weighted by Gasteiger charge is 2.61. The molecule has 0 aliphatic heterocycles. The van der Waals surface area contributed by atoms with E-state index in [1.165, 1.54) is 11.1 Å². The maximum Gasteiger partial charge on any atom is 0.156 e. The first-order valence-corrected chi connectivity index (χ1v) is 9.59. The Bertz CT molecular complexity index is 736. The van der Waals surface area contributed by atoms with Crippen LogP contribution in [0.3, 0.4) is 0 Å². The Kier molecular flexibility index (Phi) is 3.16. The van der Waals surface area contributed by atoms with Gasteiger partial charge in [-0.2, -0.15) is 0 Å². The highest BCUT2D eigenvalue weighted by molar-refractivity contribution is 5.93. The Labute approximate surface area is 148 Å². The van der Waals surface area contributed by atoms with Crippen molar-refractivity contribution in [1.82, 2.24) is 0 Å². The number of hydrogen-bond donors (Lipinski definition) is 0. The van der Waals surface area contributed by atoms with Gasteiger partial charge in [-0.3, -0.25) is 9.59 Å². The summed E-state index contributed by atoms with van der Waals surface area (Å²) in [5.41, 5.74) is 3.03. The quantitative estimate of drug-likeness (QED) is 0.699. The van der Waals surface area contributed by atoms with E-state index in [1.807, 2.05) is 6.92 Å². The summed E-state index contributed by atoms with van der Waals surface area (Å²) in [6.45, 7) is 6.40. The third kappa shape index (κ3) is 2.01. The van der Waals surface area contributed by atoms with E-state index in [0.29, 0.717) is 24.5 Å². The van der Waals surface area contributed by atoms with Gasteiger partial charge in [-0.25, -0.2) is 0 Å². The second-order valence-electron chi connectivity index (χ2n) is 8.63. The highest BCUT2D eigenvalue weighted by atomic mass is 16.1. The van der Waals surface area contributed by atoms with Gasteiger partial charge in [-0.1, -0.05) is 26.3 Å². The molecule has 130 valence electrons. The summed E-state index contributed by atoms with van der Waals surface area (Å²) in [5.74, 6) is 0.869. The van der Waals surface area contributed by atoms with Crippen molar-refractivity contribution in [3.63, 3.8) is 0 Å². The Morgan fingerprint density at radius 3 is 2.83 bits per heavy atom. The first-order valence-electron chi connectivity index (χ1n) is 10.7. The first-order chi connectivity index (χ1) is 12.2. The van der Waals surface area contributed by atoms with Crippen LogP contribution in [0.4, 0.5) is 0 Å². The summed E-state index contributed by atoms with van der Waals surface area (Å²) in [7, 11) is 0. The SMILES string of the molecule is [3H]C1C2=CC(=O)CCC2=C2CCC3(C)[C@@H](CC[C@]3(C)C(=O)CC)[C@@H]2C1[3H]. The fraction of sp³-hybridized carbons (Fsp3) is 0.727. The molecule has 2 nitrogen and oxygen atoms in total. The summed E-state index contributed by atoms with van der Waals surface area (Å²) < 4.78 is 17.5. The minimum atomic E-state index is -0.626. The summed E-state index contributed by atoms with van der Waals surface area (Å²) in [6, 6.07) is 0. The topological polar surface area (TPSA) is 34.1 Å². The van der Waals surface area contributed by atoms with Crippen LogP contribution in [0.1, 0.15) is 81.3 Å². The van der Waals surface area contributed by atoms with Crippen molar-refractivity contribution in [1.29, 1.82) is 0 Å². The van der Waals surface area contributed by atoms with Crippen molar-refractivity contribution in [2.24, 2.45) is 22.7 Å². The molecule has 0 radical (unpaired) electrons. The van der Waals surface area contributed by atoms with Crippen molar-refractivity contribution in [2.45, 2.75) is 78.5 Å². The minimum Gasteiger partial charge on any atom is -0.299 e. The summed E-state index contributed by atoms with van der Waals surface area (Å²) in [5, 5.41) is 0. The van der Waals surface area contributed by atoms with Crippen molar-refractivity contribution in [2.75, 3.05) is 0 Å². The molecule has 2 saturated carbocycles. The minimum absolute atomic E-state index is 0.0699. The number of allylic oxidation sites excluding steroid dienone is 4. The van der Waals surface area contributed by atoms with Crippen LogP contribution < -0.4 is 0 Å². The fourth-order valence-corrected chi connectivity index (χ4v) is 6.18. The van der Waals surface area contributed by atoms with Gasteiger partial charge < -0.3 is 0 Å². The smallest absolute Gasteiger partial charge is 0.156 e. The number of hydrogen-bond acceptors (Lipinski definition) is 2. The normalized spacial score (nSPS) is 48.8. The highest BCUT2D eigenvalue weighted by Crippen LogP contribution is 2.67. The van der Waals surface area contributed by atoms with E-state index in [-0.39, 0.29) is 22.5 Å². The van der Waals surface area contributed by atoms with E-state index < -0.39 is 12.8 Å². The van der Waals surface area contributed by atoms with Gasteiger partial charge in [0.2, 0.25) is 0 Å². The van der Waals surface area contributed by atoms with E-state index in [1.54, 1.807) is 6.08 Å². The molecule has 0 aromatic carbocycles. The number of rotatable bonds is 2. The Balaban J connectivity index is 1.80. The lowest BCUT2D eigenvalue weighted by Crippen LogP contribution is -2.47. The zero-order valence-corrected chi connectivity index (χ0v) is 15.2. The number of carbonyl (C=O) groups is 2. The lowest BCUT2D eigenvalue weighted by atomic mass is 9.51. The predicted octanol–water partition coefficient (Wildman–Crippen LogP) is 5.18. The van der Waals surface area contributed by atoms with Crippen LogP contribution in [0.15, 0.2) is 22.8 Å². The second kappa shape index (κ2) is 5.41. The summed E-state index contributed by atoms with van der Waals surface area (Å²) in [6.07, 6.45) is 6.18. The Morgan fingerprint density at radius 1 is 1.29 bits per heavy atom. The van der Waals surface area contributed by atoms with Crippen LogP contribution in [-0.4, -0.2) is 11.6 Å². The zero-order valence-electron chi connectivity index (χ0n) is 17.2. The fourth-order valence-electron chi connectivity index (χ4n) is 6.18. The molecule has 2 heteroatoms. The van der Waals surface area contributed by atoms with Crippen molar-refractivity contribution < 1.29 is 12.3 Å². The predicted molar refractivity (Wildman–Crippen MR) is 95.5 cm³/mol. The third-order valence-corrected chi connectivity index (χ3v) is 7.88. The van der Waals surface area contributed by atoms with Crippen LogP contribution in [0, 0.1) is 22.7 Å². The van der Waals surface area contributed by atoms with Crippen LogP contribution in [-0.2, 0) is 9.59 Å². The standard InChI is InChI=1S/C22H30O2/c1-4-20(24)22(3)12-10-19-18-7-5-14-13-15(23)6-8-16(14)17(18)9-11-21(19,22)2/h13,18-19H,4-12H2,1-3H3/t18-,19+,21?,22-/m1/s1/i5T,7T/t5?,7?,18-,19+,21?,22-. The molecule has 0 spiro atoms. The van der Waals surface area contributed by atoms with E-state index in [4.69, 9.17) is 2.74 Å². The molecule has 4 rings (SSSR count). The number of Topliss-reactive ketones (excluding diaryl/α,β-unsaturated/α-hetero) is 1. The largest absolute Gasteiger partial charge is 0.299 e. The molecule has 0 aromatic rings. The van der Waals surface area contributed by atoms with E-state index in [2.05, 4.69) is 13.8 Å². The molecule has 4 aliphatic carbocycles. The van der Waals surface area contributed by atoms with Crippen LogP contribution >= 0.6 is 0 Å². The van der Waals surface area contributed by atoms with Gasteiger partial charge in [0.15, 0.2) is 5.78 Å². The van der Waals surface area contributed by atoms with Gasteiger partial charge in [-0.05, 0) is 79.4 Å². The van der Waals surface area contributed by atoms with E-state index >= 15 is 0 Å². The number of carbonyl (C=O) groups excluding carboxylic acids is 2. The van der Waals surface area contributed by atoms with Gasteiger partial charge in [0, 0.05) is 21.0 Å². The van der Waals surface area contributed by atoms with Gasteiger partial charge in [0.25, 0.3) is 0 Å². The van der Waals surface area contributed by atoms with E-state index in [0.717, 1.165) is 37.7 Å². The monoisotopic (exact) mass is 330 g/mol. The molecule has 0 aromatic heterocycles. The van der Waals surface area contributed by atoms with Crippen molar-refractivity contribution in [3.8, 4) is 0 Å². The molecule has 4 aliphatic rings. The molecule has 3 unspecified atom stereocenters. The molecule has 0 saturated heterocycles. The van der Waals surface area contributed by atoms with E-state index in [9.17, 15) is 9.59 Å². The lowest BCUT2D eigenvalue weighted by molar-refractivity contribution is -0.136. The number of fused-ring (bicyclic) bond motifs is 4. The molecule has 2 fully saturated rings. The molecule has 6 atom stereocenters. The third-order valence-electron chi connectivity index (χ3n) is 7.88. The maximum atomic E-state index is 12.8. The molecule has 0 amide bonds. The molecular weight excluding hydrogens is 296 g/mol. The summed E-state index contributed by atoms with van der Waals surface area (Å²) in [4.78, 5) is 24.7. The first kappa shape index (κ1) is 14.0. The van der Waals surface area contributed by atoms with Crippen molar-refractivity contribution >= 4 is 11.6 Å². The molecule has 0 N–H and O–H groups in total.